The summed E-state index contributed by atoms with van der Waals surface area (Å²) in [6.07, 6.45) is 7.81. The maximum absolute atomic E-state index is 14.3. The SMILES string of the molecule is CC[C@H](NC(=O)[C@@H]1CCCCN1C(=O)C(c1cc(OC)c(OC)c(OC)c1)C1CCCCC1)C(N)=O. The molecule has 0 aromatic heterocycles. The molecule has 200 valence electrons. The third-order valence-corrected chi connectivity index (χ3v) is 7.59. The van der Waals surface area contributed by atoms with Crippen LogP contribution in [0.15, 0.2) is 12.1 Å². The van der Waals surface area contributed by atoms with Crippen molar-refractivity contribution in [1.29, 1.82) is 0 Å². The molecule has 1 saturated heterocycles. The molecule has 3 amide bonds. The minimum atomic E-state index is -0.749. The van der Waals surface area contributed by atoms with E-state index >= 15 is 0 Å². The number of likely N-dealkylation sites (tertiary alicyclic amines) is 1. The summed E-state index contributed by atoms with van der Waals surface area (Å²) in [4.78, 5) is 41.0. The third kappa shape index (κ3) is 6.05. The predicted molar refractivity (Wildman–Crippen MR) is 136 cm³/mol. The number of piperidine rings is 1. The first kappa shape index (κ1) is 27.6. The van der Waals surface area contributed by atoms with E-state index in [0.29, 0.717) is 36.6 Å². The molecule has 3 atom stereocenters. The van der Waals surface area contributed by atoms with Crippen molar-refractivity contribution in [3.63, 3.8) is 0 Å². The fourth-order valence-electron chi connectivity index (χ4n) is 5.65. The van der Waals surface area contributed by atoms with E-state index < -0.39 is 23.9 Å². The Morgan fingerprint density at radius 1 is 0.972 bits per heavy atom. The Kier molecular flexibility index (Phi) is 9.84. The van der Waals surface area contributed by atoms with Gasteiger partial charge in [-0.25, -0.2) is 0 Å². The van der Waals surface area contributed by atoms with Crippen molar-refractivity contribution in [2.24, 2.45) is 11.7 Å². The molecule has 0 bridgehead atoms. The number of ether oxygens (including phenoxy) is 3. The van der Waals surface area contributed by atoms with Crippen LogP contribution in [0.3, 0.4) is 0 Å². The molecule has 1 aromatic rings. The molecule has 1 heterocycles. The Morgan fingerprint density at radius 3 is 2.11 bits per heavy atom. The molecule has 3 N–H and O–H groups in total. The second-order valence-electron chi connectivity index (χ2n) is 9.75. The van der Waals surface area contributed by atoms with E-state index in [1.165, 1.54) is 0 Å². The highest BCUT2D eigenvalue weighted by atomic mass is 16.5. The van der Waals surface area contributed by atoms with Crippen LogP contribution in [0.1, 0.15) is 76.2 Å². The monoisotopic (exact) mass is 503 g/mol. The van der Waals surface area contributed by atoms with E-state index in [1.54, 1.807) is 33.2 Å². The van der Waals surface area contributed by atoms with Gasteiger partial charge in [-0.3, -0.25) is 14.4 Å². The second-order valence-corrected chi connectivity index (χ2v) is 9.75. The Morgan fingerprint density at radius 2 is 1.58 bits per heavy atom. The van der Waals surface area contributed by atoms with Gasteiger partial charge < -0.3 is 30.2 Å². The first-order valence-corrected chi connectivity index (χ1v) is 13.1. The average Bonchev–Trinajstić information content (AvgIpc) is 2.91. The topological polar surface area (TPSA) is 120 Å². The van der Waals surface area contributed by atoms with E-state index in [0.717, 1.165) is 50.5 Å². The Labute approximate surface area is 214 Å². The maximum atomic E-state index is 14.3. The summed E-state index contributed by atoms with van der Waals surface area (Å²) >= 11 is 0. The fourth-order valence-corrected chi connectivity index (χ4v) is 5.65. The van der Waals surface area contributed by atoms with Crippen molar-refractivity contribution in [3.05, 3.63) is 17.7 Å². The van der Waals surface area contributed by atoms with E-state index in [-0.39, 0.29) is 17.7 Å². The molecule has 1 unspecified atom stereocenters. The van der Waals surface area contributed by atoms with Crippen molar-refractivity contribution in [2.75, 3.05) is 27.9 Å². The molecule has 1 aliphatic heterocycles. The van der Waals surface area contributed by atoms with Crippen LogP contribution in [0.25, 0.3) is 0 Å². The van der Waals surface area contributed by atoms with Crippen LogP contribution in [-0.4, -0.2) is 62.6 Å². The first-order chi connectivity index (χ1) is 17.4. The number of carbonyl (C=O) groups excluding carboxylic acids is 3. The molecule has 3 rings (SSSR count). The zero-order valence-corrected chi connectivity index (χ0v) is 22.0. The highest BCUT2D eigenvalue weighted by molar-refractivity contribution is 5.93. The molecule has 0 radical (unpaired) electrons. The Hall–Kier alpha value is -2.97. The van der Waals surface area contributed by atoms with Gasteiger partial charge in [-0.1, -0.05) is 26.2 Å². The lowest BCUT2D eigenvalue weighted by molar-refractivity contribution is -0.145. The smallest absolute Gasteiger partial charge is 0.243 e. The van der Waals surface area contributed by atoms with Gasteiger partial charge in [-0.15, -0.1) is 0 Å². The number of hydrogen-bond acceptors (Lipinski definition) is 6. The summed E-state index contributed by atoms with van der Waals surface area (Å²) in [6.45, 7) is 2.29. The molecule has 0 spiro atoms. The van der Waals surface area contributed by atoms with Crippen molar-refractivity contribution >= 4 is 17.7 Å². The van der Waals surface area contributed by atoms with E-state index in [1.807, 2.05) is 12.1 Å². The van der Waals surface area contributed by atoms with E-state index in [2.05, 4.69) is 5.32 Å². The Balaban J connectivity index is 1.99. The van der Waals surface area contributed by atoms with Gasteiger partial charge in [-0.2, -0.15) is 0 Å². The third-order valence-electron chi connectivity index (χ3n) is 7.59. The van der Waals surface area contributed by atoms with Crippen molar-refractivity contribution in [3.8, 4) is 17.2 Å². The molecular formula is C27H41N3O6. The summed E-state index contributed by atoms with van der Waals surface area (Å²) in [5, 5.41) is 2.77. The number of nitrogens with two attached hydrogens (primary N) is 1. The number of amides is 3. The lowest BCUT2D eigenvalue weighted by atomic mass is 9.75. The number of nitrogens with one attached hydrogen (secondary N) is 1. The zero-order valence-electron chi connectivity index (χ0n) is 22.0. The summed E-state index contributed by atoms with van der Waals surface area (Å²) in [7, 11) is 4.68. The van der Waals surface area contributed by atoms with E-state index in [4.69, 9.17) is 19.9 Å². The predicted octanol–water partition coefficient (Wildman–Crippen LogP) is 3.14. The van der Waals surface area contributed by atoms with Gasteiger partial charge in [0.15, 0.2) is 11.5 Å². The molecule has 9 heteroatoms. The maximum Gasteiger partial charge on any atom is 0.243 e. The lowest BCUT2D eigenvalue weighted by Gasteiger charge is -2.40. The van der Waals surface area contributed by atoms with Crippen LogP contribution in [0.5, 0.6) is 17.2 Å². The van der Waals surface area contributed by atoms with Crippen LogP contribution in [-0.2, 0) is 14.4 Å². The number of primary amides is 1. The number of rotatable bonds is 10. The quantitative estimate of drug-likeness (QED) is 0.506. The van der Waals surface area contributed by atoms with Gasteiger partial charge in [0, 0.05) is 6.54 Å². The molecular weight excluding hydrogens is 462 g/mol. The molecule has 36 heavy (non-hydrogen) atoms. The van der Waals surface area contributed by atoms with Gasteiger partial charge in [0.25, 0.3) is 0 Å². The van der Waals surface area contributed by atoms with Crippen molar-refractivity contribution in [1.82, 2.24) is 10.2 Å². The molecule has 2 aliphatic rings. The highest BCUT2D eigenvalue weighted by Gasteiger charge is 2.40. The summed E-state index contributed by atoms with van der Waals surface area (Å²) < 4.78 is 16.7. The minimum absolute atomic E-state index is 0.0665. The highest BCUT2D eigenvalue weighted by Crippen LogP contribution is 2.45. The van der Waals surface area contributed by atoms with Crippen LogP contribution in [0, 0.1) is 5.92 Å². The molecule has 2 fully saturated rings. The zero-order chi connectivity index (χ0) is 26.2. The van der Waals surface area contributed by atoms with Crippen molar-refractivity contribution < 1.29 is 28.6 Å². The second kappa shape index (κ2) is 12.8. The molecule has 1 aromatic carbocycles. The largest absolute Gasteiger partial charge is 0.493 e. The fraction of sp³-hybridized carbons (Fsp3) is 0.667. The summed E-state index contributed by atoms with van der Waals surface area (Å²) in [6, 6.07) is 2.34. The van der Waals surface area contributed by atoms with Crippen LogP contribution in [0.4, 0.5) is 0 Å². The first-order valence-electron chi connectivity index (χ1n) is 13.1. The van der Waals surface area contributed by atoms with Crippen LogP contribution >= 0.6 is 0 Å². The lowest BCUT2D eigenvalue weighted by Crippen LogP contribution is -2.56. The summed E-state index contributed by atoms with van der Waals surface area (Å²) in [5.74, 6) is 0.229. The number of hydrogen-bond donors (Lipinski definition) is 2. The molecule has 1 saturated carbocycles. The molecule has 9 nitrogen and oxygen atoms in total. The van der Waals surface area contributed by atoms with Crippen LogP contribution < -0.4 is 25.3 Å². The number of methoxy groups -OCH3 is 3. The average molecular weight is 504 g/mol. The molecule has 1 aliphatic carbocycles. The van der Waals surface area contributed by atoms with E-state index in [9.17, 15) is 14.4 Å². The Bertz CT molecular complexity index is 905. The van der Waals surface area contributed by atoms with Crippen molar-refractivity contribution in [2.45, 2.75) is 82.7 Å². The standard InChI is InChI=1S/C27H41N3O6/c1-5-19(25(28)31)29-26(32)20-13-9-10-14-30(20)27(33)23(17-11-7-6-8-12-17)18-15-21(34-2)24(36-4)22(16-18)35-3/h15-17,19-20,23H,5-14H2,1-4H3,(H2,28,31)(H,29,32)/t19-,20-,23?/m0/s1. The van der Waals surface area contributed by atoms with Gasteiger partial charge in [0.05, 0.1) is 27.2 Å². The van der Waals surface area contributed by atoms with Gasteiger partial charge in [0.2, 0.25) is 23.5 Å². The normalized spacial score (nSPS) is 20.2. The van der Waals surface area contributed by atoms with Crippen LogP contribution in [0.2, 0.25) is 0 Å². The number of nitrogens with zero attached hydrogens (tertiary/aromatic N) is 1. The number of benzene rings is 1. The van der Waals surface area contributed by atoms with Gasteiger partial charge in [-0.05, 0) is 62.1 Å². The summed E-state index contributed by atoms with van der Waals surface area (Å²) in [5.41, 5.74) is 6.25. The minimum Gasteiger partial charge on any atom is -0.493 e. The van der Waals surface area contributed by atoms with Gasteiger partial charge in [0.1, 0.15) is 12.1 Å². The number of carbonyl (C=O) groups is 3. The van der Waals surface area contributed by atoms with Gasteiger partial charge >= 0.3 is 0 Å².